The van der Waals surface area contributed by atoms with E-state index in [1.807, 2.05) is 35.3 Å². The maximum absolute atomic E-state index is 12.3. The zero-order valence-corrected chi connectivity index (χ0v) is 11.4. The third-order valence-electron chi connectivity index (χ3n) is 3.99. The smallest absolute Gasteiger partial charge is 0.258 e. The van der Waals surface area contributed by atoms with Crippen molar-refractivity contribution in [2.75, 3.05) is 5.32 Å². The van der Waals surface area contributed by atoms with E-state index in [2.05, 4.69) is 15.5 Å². The van der Waals surface area contributed by atoms with Gasteiger partial charge in [0.05, 0.1) is 35.2 Å². The van der Waals surface area contributed by atoms with E-state index in [1.165, 1.54) is 6.42 Å². The molecule has 3 heterocycles. The van der Waals surface area contributed by atoms with Gasteiger partial charge < -0.3 is 5.32 Å². The lowest BCUT2D eigenvalue weighted by Crippen LogP contribution is -2.17. The van der Waals surface area contributed by atoms with Crippen LogP contribution in [0, 0.1) is 0 Å². The van der Waals surface area contributed by atoms with E-state index in [4.69, 9.17) is 0 Å². The minimum absolute atomic E-state index is 0.153. The van der Waals surface area contributed by atoms with Gasteiger partial charge in [0.25, 0.3) is 5.91 Å². The summed E-state index contributed by atoms with van der Waals surface area (Å²) in [4.78, 5) is 12.3. The van der Waals surface area contributed by atoms with E-state index in [0.29, 0.717) is 17.3 Å². The summed E-state index contributed by atoms with van der Waals surface area (Å²) in [6.07, 6.45) is 10.5. The summed E-state index contributed by atoms with van der Waals surface area (Å²) in [5.41, 5.74) is 2.16. The largest absolute Gasteiger partial charge is 0.319 e. The van der Waals surface area contributed by atoms with Crippen molar-refractivity contribution in [1.82, 2.24) is 19.4 Å². The number of hydrogen-bond acceptors (Lipinski definition) is 3. The molecule has 6 heteroatoms. The Bertz CT molecular complexity index is 799. The third-order valence-corrected chi connectivity index (χ3v) is 3.99. The van der Waals surface area contributed by atoms with Gasteiger partial charge in [-0.05, 0) is 31.4 Å². The standard InChI is InChI=1S/C15H15N5O/c21-15(11-8-16-20(10-11)12-4-3-5-12)18-13-9-17-19-7-2-1-6-14(13)19/h1-2,6-10,12H,3-5H2,(H,18,21). The number of anilines is 1. The molecule has 0 unspecified atom stereocenters. The fourth-order valence-corrected chi connectivity index (χ4v) is 2.53. The zero-order chi connectivity index (χ0) is 14.2. The van der Waals surface area contributed by atoms with Gasteiger partial charge in [0, 0.05) is 12.4 Å². The van der Waals surface area contributed by atoms with Crippen molar-refractivity contribution < 1.29 is 4.79 Å². The molecule has 4 rings (SSSR count). The molecular weight excluding hydrogens is 266 g/mol. The fourth-order valence-electron chi connectivity index (χ4n) is 2.53. The number of carbonyl (C=O) groups excluding carboxylic acids is 1. The van der Waals surface area contributed by atoms with Crippen molar-refractivity contribution in [1.29, 1.82) is 0 Å². The maximum atomic E-state index is 12.3. The topological polar surface area (TPSA) is 64.2 Å². The van der Waals surface area contributed by atoms with Crippen molar-refractivity contribution in [2.45, 2.75) is 25.3 Å². The van der Waals surface area contributed by atoms with Crippen LogP contribution in [-0.2, 0) is 0 Å². The molecule has 1 fully saturated rings. The molecule has 1 amide bonds. The quantitative estimate of drug-likeness (QED) is 0.802. The highest BCUT2D eigenvalue weighted by atomic mass is 16.1. The number of carbonyl (C=O) groups is 1. The molecule has 1 saturated carbocycles. The van der Waals surface area contributed by atoms with Crippen molar-refractivity contribution in [2.24, 2.45) is 0 Å². The first-order valence-corrected chi connectivity index (χ1v) is 7.09. The Hall–Kier alpha value is -2.63. The maximum Gasteiger partial charge on any atom is 0.258 e. The molecule has 106 valence electrons. The van der Waals surface area contributed by atoms with Crippen molar-refractivity contribution >= 4 is 17.1 Å². The summed E-state index contributed by atoms with van der Waals surface area (Å²) >= 11 is 0. The van der Waals surface area contributed by atoms with Gasteiger partial charge >= 0.3 is 0 Å². The number of fused-ring (bicyclic) bond motifs is 1. The van der Waals surface area contributed by atoms with Gasteiger partial charge in [-0.3, -0.25) is 9.48 Å². The van der Waals surface area contributed by atoms with E-state index in [1.54, 1.807) is 16.9 Å². The summed E-state index contributed by atoms with van der Waals surface area (Å²) in [5, 5.41) is 11.4. The lowest BCUT2D eigenvalue weighted by Gasteiger charge is -2.25. The summed E-state index contributed by atoms with van der Waals surface area (Å²) in [5.74, 6) is -0.153. The van der Waals surface area contributed by atoms with Gasteiger partial charge in [-0.15, -0.1) is 0 Å². The lowest BCUT2D eigenvalue weighted by molar-refractivity contribution is 0.102. The number of nitrogens with one attached hydrogen (secondary N) is 1. The first-order chi connectivity index (χ1) is 10.3. The van der Waals surface area contributed by atoms with Gasteiger partial charge in [-0.25, -0.2) is 4.52 Å². The van der Waals surface area contributed by atoms with Crippen molar-refractivity contribution in [3.05, 3.63) is 48.5 Å². The van der Waals surface area contributed by atoms with Gasteiger partial charge in [0.15, 0.2) is 0 Å². The molecule has 21 heavy (non-hydrogen) atoms. The van der Waals surface area contributed by atoms with Crippen LogP contribution in [0.25, 0.3) is 5.52 Å². The number of nitrogens with zero attached hydrogens (tertiary/aromatic N) is 4. The van der Waals surface area contributed by atoms with Gasteiger partial charge in [-0.2, -0.15) is 10.2 Å². The average molecular weight is 281 g/mol. The zero-order valence-electron chi connectivity index (χ0n) is 11.4. The average Bonchev–Trinajstić information content (AvgIpc) is 3.05. The van der Waals surface area contributed by atoms with Crippen molar-refractivity contribution in [3.8, 4) is 0 Å². The van der Waals surface area contributed by atoms with Crippen LogP contribution in [0.5, 0.6) is 0 Å². The van der Waals surface area contributed by atoms with E-state index >= 15 is 0 Å². The highest BCUT2D eigenvalue weighted by Gasteiger charge is 2.21. The Balaban J connectivity index is 1.56. The molecule has 3 aromatic rings. The predicted octanol–water partition coefficient (Wildman–Crippen LogP) is 2.51. The van der Waals surface area contributed by atoms with Crippen LogP contribution in [0.4, 0.5) is 5.69 Å². The normalized spacial score (nSPS) is 15.0. The van der Waals surface area contributed by atoms with Gasteiger partial charge in [-0.1, -0.05) is 6.07 Å². The van der Waals surface area contributed by atoms with Crippen LogP contribution in [0.1, 0.15) is 35.7 Å². The number of hydrogen-bond donors (Lipinski definition) is 1. The Labute approximate surface area is 121 Å². The highest BCUT2D eigenvalue weighted by molar-refractivity contribution is 6.05. The molecule has 0 radical (unpaired) electrons. The van der Waals surface area contributed by atoms with Crippen LogP contribution in [-0.4, -0.2) is 25.3 Å². The van der Waals surface area contributed by atoms with Gasteiger partial charge in [0.1, 0.15) is 0 Å². The second kappa shape index (κ2) is 4.73. The van der Waals surface area contributed by atoms with E-state index in [9.17, 15) is 4.79 Å². The Morgan fingerprint density at radius 1 is 1.24 bits per heavy atom. The molecule has 3 aromatic heterocycles. The molecule has 0 spiro atoms. The number of amides is 1. The summed E-state index contributed by atoms with van der Waals surface area (Å²) in [6.45, 7) is 0. The van der Waals surface area contributed by atoms with Crippen LogP contribution in [0.15, 0.2) is 43.0 Å². The summed E-state index contributed by atoms with van der Waals surface area (Å²) in [7, 11) is 0. The van der Waals surface area contributed by atoms with E-state index in [0.717, 1.165) is 18.4 Å². The van der Waals surface area contributed by atoms with Crippen LogP contribution in [0.2, 0.25) is 0 Å². The minimum atomic E-state index is -0.153. The molecular formula is C15H15N5O. The first-order valence-electron chi connectivity index (χ1n) is 7.09. The molecule has 6 nitrogen and oxygen atoms in total. The molecule has 1 aliphatic carbocycles. The predicted molar refractivity (Wildman–Crippen MR) is 78.3 cm³/mol. The summed E-state index contributed by atoms with van der Waals surface area (Å²) < 4.78 is 3.63. The lowest BCUT2D eigenvalue weighted by atomic mass is 9.93. The van der Waals surface area contributed by atoms with Crippen LogP contribution >= 0.6 is 0 Å². The minimum Gasteiger partial charge on any atom is -0.319 e. The molecule has 0 saturated heterocycles. The summed E-state index contributed by atoms with van der Waals surface area (Å²) in [6, 6.07) is 6.19. The second-order valence-electron chi connectivity index (χ2n) is 5.34. The molecule has 1 aliphatic rings. The molecule has 0 aliphatic heterocycles. The molecule has 0 atom stereocenters. The molecule has 0 bridgehead atoms. The third kappa shape index (κ3) is 2.08. The number of pyridine rings is 1. The Morgan fingerprint density at radius 3 is 2.95 bits per heavy atom. The Morgan fingerprint density at radius 2 is 2.14 bits per heavy atom. The van der Waals surface area contributed by atoms with Crippen LogP contribution < -0.4 is 5.32 Å². The molecule has 1 N–H and O–H groups in total. The van der Waals surface area contributed by atoms with Crippen LogP contribution in [0.3, 0.4) is 0 Å². The second-order valence-corrected chi connectivity index (χ2v) is 5.34. The Kier molecular flexibility index (Phi) is 2.73. The highest BCUT2D eigenvalue weighted by Crippen LogP contribution is 2.30. The van der Waals surface area contributed by atoms with E-state index < -0.39 is 0 Å². The fraction of sp³-hybridized carbons (Fsp3) is 0.267. The SMILES string of the molecule is O=C(Nc1cnn2ccccc12)c1cnn(C2CCC2)c1. The molecule has 0 aromatic carbocycles. The van der Waals surface area contributed by atoms with E-state index in [-0.39, 0.29) is 5.91 Å². The first kappa shape index (κ1) is 12.1. The number of rotatable bonds is 3. The monoisotopic (exact) mass is 281 g/mol. The van der Waals surface area contributed by atoms with Crippen molar-refractivity contribution in [3.63, 3.8) is 0 Å². The number of aromatic nitrogens is 4. The van der Waals surface area contributed by atoms with Gasteiger partial charge in [0.2, 0.25) is 0 Å².